The summed E-state index contributed by atoms with van der Waals surface area (Å²) < 4.78 is 10.6. The highest BCUT2D eigenvalue weighted by Gasteiger charge is 2.13. The predicted octanol–water partition coefficient (Wildman–Crippen LogP) is 4.23. The molecule has 1 heterocycles. The van der Waals surface area contributed by atoms with Crippen molar-refractivity contribution in [1.82, 2.24) is 5.16 Å². The van der Waals surface area contributed by atoms with Gasteiger partial charge >= 0.3 is 0 Å². The van der Waals surface area contributed by atoms with Gasteiger partial charge in [0.15, 0.2) is 11.4 Å². The van der Waals surface area contributed by atoms with Gasteiger partial charge in [0.05, 0.1) is 7.11 Å². The molecule has 1 aromatic heterocycles. The van der Waals surface area contributed by atoms with E-state index in [4.69, 9.17) is 20.9 Å². The molecule has 5 heteroatoms. The average molecular weight is 275 g/mol. The molecule has 0 aliphatic heterocycles. The molecule has 0 saturated carbocycles. The molecule has 0 spiro atoms. The molecule has 0 aliphatic carbocycles. The number of nitrogens with zero attached hydrogens (tertiary/aromatic N) is 1. The predicted molar refractivity (Wildman–Crippen MR) is 75.3 cm³/mol. The molecule has 0 saturated heterocycles. The molecule has 3 aromatic rings. The van der Waals surface area contributed by atoms with Crippen LogP contribution in [0.25, 0.3) is 11.0 Å². The third kappa shape index (κ3) is 2.22. The van der Waals surface area contributed by atoms with E-state index in [0.717, 1.165) is 11.1 Å². The molecule has 0 aliphatic rings. The van der Waals surface area contributed by atoms with Crippen molar-refractivity contribution >= 4 is 34.1 Å². The van der Waals surface area contributed by atoms with Gasteiger partial charge in [-0.2, -0.15) is 0 Å². The maximum absolute atomic E-state index is 5.95. The fourth-order valence-electron chi connectivity index (χ4n) is 1.92. The maximum atomic E-state index is 5.95. The van der Waals surface area contributed by atoms with Crippen LogP contribution in [0.1, 0.15) is 0 Å². The van der Waals surface area contributed by atoms with Crippen LogP contribution in [0.15, 0.2) is 47.0 Å². The van der Waals surface area contributed by atoms with Crippen molar-refractivity contribution in [2.75, 3.05) is 12.4 Å². The van der Waals surface area contributed by atoms with Gasteiger partial charge in [-0.05, 0) is 30.3 Å². The molecule has 0 amide bonds. The second-order valence-electron chi connectivity index (χ2n) is 4.00. The van der Waals surface area contributed by atoms with Gasteiger partial charge in [-0.1, -0.05) is 28.9 Å². The van der Waals surface area contributed by atoms with Gasteiger partial charge in [-0.15, -0.1) is 0 Å². The molecule has 0 bridgehead atoms. The van der Waals surface area contributed by atoms with Gasteiger partial charge in [-0.25, -0.2) is 0 Å². The summed E-state index contributed by atoms with van der Waals surface area (Å²) in [6.45, 7) is 0. The Morgan fingerprint density at radius 2 is 2.05 bits per heavy atom. The summed E-state index contributed by atoms with van der Waals surface area (Å²) in [6, 6.07) is 13.0. The van der Waals surface area contributed by atoms with Gasteiger partial charge < -0.3 is 14.6 Å². The van der Waals surface area contributed by atoms with E-state index in [1.165, 1.54) is 0 Å². The number of ether oxygens (including phenoxy) is 1. The topological polar surface area (TPSA) is 47.3 Å². The Kier molecular flexibility index (Phi) is 3.01. The molecule has 3 rings (SSSR count). The monoisotopic (exact) mass is 274 g/mol. The molecule has 2 aromatic carbocycles. The first-order valence-electron chi connectivity index (χ1n) is 5.73. The first kappa shape index (κ1) is 11.9. The van der Waals surface area contributed by atoms with Crippen molar-refractivity contribution in [2.45, 2.75) is 0 Å². The zero-order valence-electron chi connectivity index (χ0n) is 10.2. The van der Waals surface area contributed by atoms with E-state index in [2.05, 4.69) is 10.5 Å². The number of methoxy groups -OCH3 is 1. The van der Waals surface area contributed by atoms with Crippen LogP contribution in [0.3, 0.4) is 0 Å². The van der Waals surface area contributed by atoms with Crippen LogP contribution in [0, 0.1) is 0 Å². The van der Waals surface area contributed by atoms with Crippen LogP contribution in [0.4, 0.5) is 11.5 Å². The normalized spacial score (nSPS) is 10.6. The number of rotatable bonds is 3. The average Bonchev–Trinajstić information content (AvgIpc) is 2.82. The minimum atomic E-state index is 0.606. The summed E-state index contributed by atoms with van der Waals surface area (Å²) in [6.07, 6.45) is 0. The van der Waals surface area contributed by atoms with Crippen LogP contribution in [0.5, 0.6) is 5.75 Å². The number of hydrogen-bond acceptors (Lipinski definition) is 4. The molecule has 0 unspecified atom stereocenters. The van der Waals surface area contributed by atoms with Crippen molar-refractivity contribution in [2.24, 2.45) is 0 Å². The van der Waals surface area contributed by atoms with Crippen molar-refractivity contribution in [1.29, 1.82) is 0 Å². The molecule has 0 fully saturated rings. The van der Waals surface area contributed by atoms with Crippen LogP contribution in [0.2, 0.25) is 5.02 Å². The lowest BCUT2D eigenvalue weighted by molar-refractivity contribution is 0.419. The highest BCUT2D eigenvalue weighted by Crippen LogP contribution is 2.33. The highest BCUT2D eigenvalue weighted by molar-refractivity contribution is 6.30. The number of hydrogen-bond donors (Lipinski definition) is 1. The maximum Gasteiger partial charge on any atom is 0.185 e. The fourth-order valence-corrected chi connectivity index (χ4v) is 2.11. The summed E-state index contributed by atoms with van der Waals surface area (Å²) in [5.41, 5.74) is 1.51. The Labute approximate surface area is 114 Å². The fraction of sp³-hybridized carbons (Fsp3) is 0.0714. The largest absolute Gasteiger partial charge is 0.496 e. The molecule has 1 N–H and O–H groups in total. The summed E-state index contributed by atoms with van der Waals surface area (Å²) in [5, 5.41) is 8.66. The first-order valence-corrected chi connectivity index (χ1v) is 6.11. The van der Waals surface area contributed by atoms with Crippen LogP contribution < -0.4 is 10.1 Å². The number of halogens is 1. The second-order valence-corrected chi connectivity index (χ2v) is 4.44. The Morgan fingerprint density at radius 3 is 2.84 bits per heavy atom. The smallest absolute Gasteiger partial charge is 0.185 e. The second kappa shape index (κ2) is 4.82. The highest BCUT2D eigenvalue weighted by atomic mass is 35.5. The summed E-state index contributed by atoms with van der Waals surface area (Å²) in [5.74, 6) is 1.32. The van der Waals surface area contributed by atoms with E-state index in [1.807, 2.05) is 42.5 Å². The van der Waals surface area contributed by atoms with E-state index in [0.29, 0.717) is 22.2 Å². The van der Waals surface area contributed by atoms with E-state index in [-0.39, 0.29) is 0 Å². The third-order valence-electron chi connectivity index (χ3n) is 2.77. The molecule has 4 nitrogen and oxygen atoms in total. The molecule has 0 atom stereocenters. The Hall–Kier alpha value is -2.20. The zero-order valence-corrected chi connectivity index (χ0v) is 10.9. The third-order valence-corrected chi connectivity index (χ3v) is 3.00. The number of benzene rings is 2. The van der Waals surface area contributed by atoms with Crippen LogP contribution in [-0.4, -0.2) is 12.3 Å². The van der Waals surface area contributed by atoms with Crippen LogP contribution in [-0.2, 0) is 0 Å². The minimum Gasteiger partial charge on any atom is -0.496 e. The molecular formula is C14H11ClN2O2. The van der Waals surface area contributed by atoms with Gasteiger partial charge in [-0.3, -0.25) is 0 Å². The van der Waals surface area contributed by atoms with Gasteiger partial charge in [0.2, 0.25) is 0 Å². The lowest BCUT2D eigenvalue weighted by Crippen LogP contribution is -1.92. The SMILES string of the molecule is COc1cccc2onc(Nc3cccc(Cl)c3)c12. The molecule has 19 heavy (non-hydrogen) atoms. The lowest BCUT2D eigenvalue weighted by Gasteiger charge is -2.05. The van der Waals surface area contributed by atoms with Gasteiger partial charge in [0.25, 0.3) is 0 Å². The summed E-state index contributed by atoms with van der Waals surface area (Å²) in [7, 11) is 1.62. The van der Waals surface area contributed by atoms with Crippen molar-refractivity contribution in [3.05, 3.63) is 47.5 Å². The Morgan fingerprint density at radius 1 is 1.21 bits per heavy atom. The quantitative estimate of drug-likeness (QED) is 0.776. The lowest BCUT2D eigenvalue weighted by atomic mass is 10.2. The first-order chi connectivity index (χ1) is 9.28. The van der Waals surface area contributed by atoms with E-state index >= 15 is 0 Å². The van der Waals surface area contributed by atoms with Gasteiger partial charge in [0.1, 0.15) is 11.1 Å². The number of anilines is 2. The summed E-state index contributed by atoms with van der Waals surface area (Å²) in [4.78, 5) is 0. The van der Waals surface area contributed by atoms with Crippen molar-refractivity contribution in [3.8, 4) is 5.75 Å². The number of nitrogens with one attached hydrogen (secondary N) is 1. The number of aromatic nitrogens is 1. The Bertz CT molecular complexity index is 724. The van der Waals surface area contributed by atoms with Crippen molar-refractivity contribution < 1.29 is 9.26 Å². The minimum absolute atomic E-state index is 0.606. The van der Waals surface area contributed by atoms with Crippen molar-refractivity contribution in [3.63, 3.8) is 0 Å². The summed E-state index contributed by atoms with van der Waals surface area (Å²) >= 11 is 5.95. The van der Waals surface area contributed by atoms with Gasteiger partial charge in [0, 0.05) is 10.7 Å². The molecular weight excluding hydrogens is 264 g/mol. The molecule has 0 radical (unpaired) electrons. The molecule has 96 valence electrons. The van der Waals surface area contributed by atoms with E-state index in [9.17, 15) is 0 Å². The van der Waals surface area contributed by atoms with E-state index < -0.39 is 0 Å². The standard InChI is InChI=1S/C14H11ClN2O2/c1-18-11-6-3-7-12-13(11)14(17-19-12)16-10-5-2-4-9(15)8-10/h2-8H,1H3,(H,16,17). The zero-order chi connectivity index (χ0) is 13.2. The van der Waals surface area contributed by atoms with Crippen LogP contribution >= 0.6 is 11.6 Å². The Balaban J connectivity index is 2.06. The number of fused-ring (bicyclic) bond motifs is 1. The van der Waals surface area contributed by atoms with E-state index in [1.54, 1.807) is 7.11 Å².